The van der Waals surface area contributed by atoms with Crippen molar-refractivity contribution < 1.29 is 38.9 Å². The quantitative estimate of drug-likeness (QED) is 0.0670. The predicted molar refractivity (Wildman–Crippen MR) is 168 cm³/mol. The fraction of sp³-hybridized carbons (Fsp3) is 0.529. The minimum Gasteiger partial charge on any atom is -0.426 e. The molecular formula is C34H48N2O8. The molecule has 0 aromatic heterocycles. The van der Waals surface area contributed by atoms with Crippen LogP contribution in [0.15, 0.2) is 48.5 Å². The molecule has 0 amide bonds. The summed E-state index contributed by atoms with van der Waals surface area (Å²) in [6.45, 7) is 2.88. The predicted octanol–water partition coefficient (Wildman–Crippen LogP) is 4.66. The smallest absolute Gasteiger partial charge is 0.311 e. The summed E-state index contributed by atoms with van der Waals surface area (Å²) in [5.74, 6) is -1.44. The molecule has 0 aliphatic carbocycles. The van der Waals surface area contributed by atoms with Crippen molar-refractivity contribution in [1.29, 1.82) is 0 Å². The van der Waals surface area contributed by atoms with Crippen LogP contribution >= 0.6 is 0 Å². The lowest BCUT2D eigenvalue weighted by Gasteiger charge is -2.15. The first-order valence-corrected chi connectivity index (χ1v) is 15.6. The zero-order valence-electron chi connectivity index (χ0n) is 25.9. The second-order valence-corrected chi connectivity index (χ2v) is 11.2. The molecule has 0 aliphatic rings. The maximum Gasteiger partial charge on any atom is 0.311 e. The summed E-state index contributed by atoms with van der Waals surface area (Å²) in [5, 5.41) is 19.2. The van der Waals surface area contributed by atoms with E-state index >= 15 is 0 Å². The largest absolute Gasteiger partial charge is 0.426 e. The summed E-state index contributed by atoms with van der Waals surface area (Å²) in [7, 11) is 0. The van der Waals surface area contributed by atoms with Gasteiger partial charge in [0.2, 0.25) is 0 Å². The molecule has 0 fully saturated rings. The number of para-hydroxylation sites is 2. The highest BCUT2D eigenvalue weighted by Gasteiger charge is 2.25. The molecule has 6 N–H and O–H groups in total. The zero-order valence-corrected chi connectivity index (χ0v) is 25.9. The number of unbranched alkanes of at least 4 members (excludes halogenated alkanes) is 9. The Hall–Kier alpha value is -3.44. The molecule has 0 aliphatic heterocycles. The van der Waals surface area contributed by atoms with Crippen LogP contribution in [0.4, 0.5) is 0 Å². The standard InChI is InChI=1S/C34H48N2O8/c1-23(37)31(35)33(41)25-17-13-15-19-27(25)43-29(39)21-11-9-7-5-3-4-6-8-10-12-22-30(40)44-28-20-16-14-18-26(28)34(42)32(36)24(2)38/h13-20,23-24,31-32,37-38H,3-12,21-22,35-36H2,1-2H3. The third-order valence-corrected chi connectivity index (χ3v) is 7.41. The third kappa shape index (κ3) is 12.7. The SMILES string of the molecule is CC(O)C(N)C(=O)c1ccccc1OC(=O)CCCCCCCCCCCCC(=O)Oc1ccccc1C(=O)C(N)C(C)O. The van der Waals surface area contributed by atoms with Gasteiger partial charge in [-0.05, 0) is 51.0 Å². The maximum atomic E-state index is 12.5. The first kappa shape index (κ1) is 36.8. The van der Waals surface area contributed by atoms with Crippen molar-refractivity contribution in [3.63, 3.8) is 0 Å². The maximum absolute atomic E-state index is 12.5. The third-order valence-electron chi connectivity index (χ3n) is 7.41. The average Bonchev–Trinajstić information content (AvgIpc) is 3.00. The van der Waals surface area contributed by atoms with Gasteiger partial charge in [-0.25, -0.2) is 0 Å². The van der Waals surface area contributed by atoms with E-state index in [2.05, 4.69) is 0 Å². The Balaban J connectivity index is 1.53. The molecule has 0 heterocycles. The highest BCUT2D eigenvalue weighted by Crippen LogP contribution is 2.23. The van der Waals surface area contributed by atoms with E-state index in [1.54, 1.807) is 36.4 Å². The Morgan fingerprint density at radius 3 is 1.18 bits per heavy atom. The number of ether oxygens (including phenoxy) is 2. The van der Waals surface area contributed by atoms with E-state index in [1.165, 1.54) is 26.0 Å². The van der Waals surface area contributed by atoms with Crippen LogP contribution in [-0.4, -0.2) is 58.0 Å². The lowest BCUT2D eigenvalue weighted by Crippen LogP contribution is -2.40. The van der Waals surface area contributed by atoms with Gasteiger partial charge < -0.3 is 31.2 Å². The van der Waals surface area contributed by atoms with Crippen LogP contribution in [0.25, 0.3) is 0 Å². The molecule has 10 heteroatoms. The second kappa shape index (κ2) is 19.8. The number of aliphatic hydroxyl groups is 2. The van der Waals surface area contributed by atoms with Crippen molar-refractivity contribution in [2.24, 2.45) is 11.5 Å². The Morgan fingerprint density at radius 1 is 0.568 bits per heavy atom. The number of carbonyl (C=O) groups excluding carboxylic acids is 4. The fourth-order valence-electron chi connectivity index (χ4n) is 4.62. The van der Waals surface area contributed by atoms with Crippen molar-refractivity contribution in [3.8, 4) is 11.5 Å². The molecule has 0 saturated carbocycles. The summed E-state index contributed by atoms with van der Waals surface area (Å²) in [5.41, 5.74) is 11.9. The van der Waals surface area contributed by atoms with Crippen LogP contribution in [0, 0.1) is 0 Å². The minimum atomic E-state index is -1.09. The van der Waals surface area contributed by atoms with Gasteiger partial charge in [-0.2, -0.15) is 0 Å². The molecule has 0 spiro atoms. The van der Waals surface area contributed by atoms with Crippen LogP contribution in [0.1, 0.15) is 112 Å². The molecule has 2 aromatic carbocycles. The highest BCUT2D eigenvalue weighted by molar-refractivity contribution is 6.03. The molecule has 0 radical (unpaired) electrons. The fourth-order valence-corrected chi connectivity index (χ4v) is 4.62. The number of Topliss-reactive ketones (excluding diaryl/α,β-unsaturated/α-hetero) is 2. The molecule has 0 saturated heterocycles. The first-order chi connectivity index (χ1) is 21.0. The summed E-state index contributed by atoms with van der Waals surface area (Å²) in [4.78, 5) is 49.6. The zero-order chi connectivity index (χ0) is 32.5. The molecule has 0 bridgehead atoms. The van der Waals surface area contributed by atoms with Gasteiger partial charge in [0.1, 0.15) is 11.5 Å². The topological polar surface area (TPSA) is 179 Å². The van der Waals surface area contributed by atoms with E-state index in [9.17, 15) is 29.4 Å². The van der Waals surface area contributed by atoms with Crippen LogP contribution in [0.5, 0.6) is 11.5 Å². The summed E-state index contributed by atoms with van der Waals surface area (Å²) in [6, 6.07) is 10.6. The number of rotatable bonds is 21. The van der Waals surface area contributed by atoms with Gasteiger partial charge >= 0.3 is 11.9 Å². The first-order valence-electron chi connectivity index (χ1n) is 15.6. The number of hydrogen-bond acceptors (Lipinski definition) is 10. The van der Waals surface area contributed by atoms with Gasteiger partial charge in [-0.3, -0.25) is 19.2 Å². The van der Waals surface area contributed by atoms with Gasteiger partial charge in [0.25, 0.3) is 0 Å². The average molecular weight is 613 g/mol. The van der Waals surface area contributed by atoms with Gasteiger partial charge in [0, 0.05) is 12.8 Å². The van der Waals surface area contributed by atoms with Crippen LogP contribution < -0.4 is 20.9 Å². The van der Waals surface area contributed by atoms with Gasteiger partial charge in [0.05, 0.1) is 35.4 Å². The Kier molecular flexibility index (Phi) is 16.5. The van der Waals surface area contributed by atoms with Gasteiger partial charge in [0.15, 0.2) is 11.6 Å². The molecule has 4 atom stereocenters. The van der Waals surface area contributed by atoms with E-state index in [0.29, 0.717) is 12.8 Å². The van der Waals surface area contributed by atoms with Crippen molar-refractivity contribution in [2.45, 2.75) is 115 Å². The number of benzene rings is 2. The number of carbonyl (C=O) groups is 4. The van der Waals surface area contributed by atoms with E-state index in [0.717, 1.165) is 51.4 Å². The lowest BCUT2D eigenvalue weighted by molar-refractivity contribution is -0.135. The van der Waals surface area contributed by atoms with E-state index in [1.807, 2.05) is 0 Å². The van der Waals surface area contributed by atoms with Crippen LogP contribution in [0.3, 0.4) is 0 Å². The summed E-state index contributed by atoms with van der Waals surface area (Å²) in [6.07, 6.45) is 8.08. The second-order valence-electron chi connectivity index (χ2n) is 11.2. The van der Waals surface area contributed by atoms with Crippen molar-refractivity contribution in [3.05, 3.63) is 59.7 Å². The van der Waals surface area contributed by atoms with Gasteiger partial charge in [-0.15, -0.1) is 0 Å². The minimum absolute atomic E-state index is 0.159. The molecular weight excluding hydrogens is 564 g/mol. The summed E-state index contributed by atoms with van der Waals surface area (Å²) >= 11 is 0. The summed E-state index contributed by atoms with van der Waals surface area (Å²) < 4.78 is 10.8. The molecule has 242 valence electrons. The Labute approximate surface area is 260 Å². The van der Waals surface area contributed by atoms with Gasteiger partial charge in [-0.1, -0.05) is 75.6 Å². The monoisotopic (exact) mass is 612 g/mol. The number of ketones is 2. The van der Waals surface area contributed by atoms with Crippen LogP contribution in [-0.2, 0) is 9.59 Å². The molecule has 2 aromatic rings. The Morgan fingerprint density at radius 2 is 0.864 bits per heavy atom. The van der Waals surface area contributed by atoms with Crippen molar-refractivity contribution in [1.82, 2.24) is 0 Å². The number of esters is 2. The van der Waals surface area contributed by atoms with E-state index < -0.39 is 47.8 Å². The number of aliphatic hydroxyl groups excluding tert-OH is 2. The van der Waals surface area contributed by atoms with Crippen molar-refractivity contribution >= 4 is 23.5 Å². The molecule has 4 unspecified atom stereocenters. The Bertz CT molecular complexity index is 1120. The normalized spacial score (nSPS) is 13.9. The number of hydrogen-bond donors (Lipinski definition) is 4. The lowest BCUT2D eigenvalue weighted by atomic mass is 10.0. The molecule has 44 heavy (non-hydrogen) atoms. The number of nitrogens with two attached hydrogens (primary N) is 2. The van der Waals surface area contributed by atoms with Crippen molar-refractivity contribution in [2.75, 3.05) is 0 Å². The van der Waals surface area contributed by atoms with E-state index in [4.69, 9.17) is 20.9 Å². The highest BCUT2D eigenvalue weighted by atomic mass is 16.5. The molecule has 10 nitrogen and oxygen atoms in total. The van der Waals surface area contributed by atoms with Crippen LogP contribution in [0.2, 0.25) is 0 Å². The van der Waals surface area contributed by atoms with E-state index in [-0.39, 0.29) is 35.5 Å². The molecule has 2 rings (SSSR count).